The third kappa shape index (κ3) is 2.32. The Hall–Kier alpha value is -1.91. The lowest BCUT2D eigenvalue weighted by molar-refractivity contribution is -0.384. The molecular formula is C14H16N2O3. The number of benzene rings is 1. The molecule has 0 aromatic heterocycles. The first-order valence-corrected chi connectivity index (χ1v) is 6.60. The molecule has 2 fully saturated rings. The van der Waals surface area contributed by atoms with Gasteiger partial charge in [-0.15, -0.1) is 0 Å². The highest BCUT2D eigenvalue weighted by atomic mass is 16.6. The van der Waals surface area contributed by atoms with E-state index >= 15 is 0 Å². The van der Waals surface area contributed by atoms with E-state index in [4.69, 9.17) is 0 Å². The van der Waals surface area contributed by atoms with Crippen LogP contribution in [0.4, 0.5) is 11.4 Å². The predicted molar refractivity (Wildman–Crippen MR) is 70.8 cm³/mol. The highest BCUT2D eigenvalue weighted by Crippen LogP contribution is 2.54. The second-order valence-corrected chi connectivity index (χ2v) is 5.67. The van der Waals surface area contributed by atoms with Crippen LogP contribution in [0.3, 0.4) is 0 Å². The molecule has 0 bridgehead atoms. The van der Waals surface area contributed by atoms with Crippen LogP contribution in [0.2, 0.25) is 0 Å². The largest absolute Gasteiger partial charge is 0.325 e. The number of nitro groups is 1. The summed E-state index contributed by atoms with van der Waals surface area (Å²) in [6.07, 6.45) is 3.23. The van der Waals surface area contributed by atoms with Crippen molar-refractivity contribution in [1.82, 2.24) is 0 Å². The molecule has 100 valence electrons. The number of hydrogen-bond acceptors (Lipinski definition) is 3. The number of nitrogens with zero attached hydrogens (tertiary/aromatic N) is 1. The maximum absolute atomic E-state index is 12.1. The smallest absolute Gasteiger partial charge is 0.271 e. The molecule has 0 aliphatic heterocycles. The van der Waals surface area contributed by atoms with Crippen LogP contribution in [0.5, 0.6) is 0 Å². The molecule has 2 aliphatic rings. The van der Waals surface area contributed by atoms with Gasteiger partial charge in [0.25, 0.3) is 5.69 Å². The maximum atomic E-state index is 12.1. The van der Waals surface area contributed by atoms with Gasteiger partial charge in [-0.3, -0.25) is 14.9 Å². The zero-order valence-corrected chi connectivity index (χ0v) is 10.8. The summed E-state index contributed by atoms with van der Waals surface area (Å²) in [4.78, 5) is 22.4. The van der Waals surface area contributed by atoms with E-state index < -0.39 is 4.92 Å². The van der Waals surface area contributed by atoms with E-state index in [9.17, 15) is 14.9 Å². The number of amides is 1. The molecule has 5 heteroatoms. The Morgan fingerprint density at radius 2 is 2.00 bits per heavy atom. The minimum atomic E-state index is -0.445. The average Bonchev–Trinajstić information content (AvgIpc) is 2.98. The Balaban J connectivity index is 1.73. The number of carbonyl (C=O) groups excluding carboxylic acids is 1. The lowest BCUT2D eigenvalue weighted by Gasteiger charge is -2.13. The molecule has 5 nitrogen and oxygen atoms in total. The zero-order valence-electron chi connectivity index (χ0n) is 10.8. The number of fused-ring (bicyclic) bond motifs is 1. The third-order valence-electron chi connectivity index (χ3n) is 4.30. The average molecular weight is 260 g/mol. The number of anilines is 1. The van der Waals surface area contributed by atoms with E-state index in [1.165, 1.54) is 18.6 Å². The number of nitrogens with one attached hydrogen (secondary N) is 1. The van der Waals surface area contributed by atoms with Gasteiger partial charge >= 0.3 is 0 Å². The molecule has 1 N–H and O–H groups in total. The van der Waals surface area contributed by atoms with Crippen molar-refractivity contribution in [2.24, 2.45) is 17.8 Å². The molecule has 0 spiro atoms. The molecule has 1 aromatic carbocycles. The van der Waals surface area contributed by atoms with Gasteiger partial charge in [0.1, 0.15) is 0 Å². The van der Waals surface area contributed by atoms with Gasteiger partial charge < -0.3 is 5.32 Å². The van der Waals surface area contributed by atoms with Gasteiger partial charge in [0.15, 0.2) is 0 Å². The van der Waals surface area contributed by atoms with Crippen LogP contribution in [0.1, 0.15) is 24.8 Å². The summed E-state index contributed by atoms with van der Waals surface area (Å²) in [6.45, 7) is 1.84. The molecule has 2 aliphatic carbocycles. The lowest BCUT2D eigenvalue weighted by atomic mass is 10.0. The Kier molecular flexibility index (Phi) is 2.77. The normalized spacial score (nSPS) is 27.7. The fourth-order valence-electron chi connectivity index (χ4n) is 3.02. The minimum absolute atomic E-state index is 0.00942. The SMILES string of the molecule is Cc1ccc([N+](=O)[O-])cc1NC(=O)C1CC2CC2C1. The first-order valence-electron chi connectivity index (χ1n) is 6.60. The Labute approximate surface area is 111 Å². The third-order valence-corrected chi connectivity index (χ3v) is 4.30. The van der Waals surface area contributed by atoms with Crippen molar-refractivity contribution in [2.45, 2.75) is 26.2 Å². The van der Waals surface area contributed by atoms with Crippen LogP contribution in [0.15, 0.2) is 18.2 Å². The van der Waals surface area contributed by atoms with Crippen LogP contribution in [-0.2, 0) is 4.79 Å². The molecule has 0 saturated heterocycles. The molecule has 19 heavy (non-hydrogen) atoms. The summed E-state index contributed by atoms with van der Waals surface area (Å²) in [5.41, 5.74) is 1.41. The molecular weight excluding hydrogens is 244 g/mol. The first-order chi connectivity index (χ1) is 9.04. The fourth-order valence-corrected chi connectivity index (χ4v) is 3.02. The quantitative estimate of drug-likeness (QED) is 0.671. The monoisotopic (exact) mass is 260 g/mol. The van der Waals surface area contributed by atoms with Crippen LogP contribution in [0, 0.1) is 34.8 Å². The number of aryl methyl sites for hydroxylation is 1. The van der Waals surface area contributed by atoms with Crippen molar-refractivity contribution < 1.29 is 9.72 Å². The van der Waals surface area contributed by atoms with Gasteiger partial charge in [-0.05, 0) is 43.6 Å². The number of non-ortho nitro benzene ring substituents is 1. The second-order valence-electron chi connectivity index (χ2n) is 5.67. The van der Waals surface area contributed by atoms with Crippen molar-refractivity contribution in [2.75, 3.05) is 5.32 Å². The van der Waals surface area contributed by atoms with Gasteiger partial charge in [-0.25, -0.2) is 0 Å². The molecule has 1 aromatic rings. The Morgan fingerprint density at radius 1 is 1.32 bits per heavy atom. The summed E-state index contributed by atoms with van der Waals surface area (Å²) in [5, 5.41) is 13.6. The standard InChI is InChI=1S/C14H16N2O3/c1-8-2-3-12(16(18)19)7-13(8)15-14(17)11-5-9-4-10(9)6-11/h2-3,7,9-11H,4-6H2,1H3,(H,15,17). The van der Waals surface area contributed by atoms with E-state index in [1.54, 1.807) is 6.07 Å². The molecule has 0 radical (unpaired) electrons. The van der Waals surface area contributed by atoms with E-state index in [-0.39, 0.29) is 17.5 Å². The highest BCUT2D eigenvalue weighted by molar-refractivity contribution is 5.93. The van der Waals surface area contributed by atoms with Gasteiger partial charge in [-0.1, -0.05) is 6.07 Å². The number of nitro benzene ring substituents is 1. The van der Waals surface area contributed by atoms with E-state index in [0.717, 1.165) is 30.2 Å². The van der Waals surface area contributed by atoms with Gasteiger partial charge in [-0.2, -0.15) is 0 Å². The lowest BCUT2D eigenvalue weighted by Crippen LogP contribution is -2.22. The highest BCUT2D eigenvalue weighted by Gasteiger charge is 2.48. The van der Waals surface area contributed by atoms with Crippen molar-refractivity contribution in [3.8, 4) is 0 Å². The topological polar surface area (TPSA) is 72.2 Å². The van der Waals surface area contributed by atoms with Crippen molar-refractivity contribution >= 4 is 17.3 Å². The van der Waals surface area contributed by atoms with Crippen molar-refractivity contribution in [3.63, 3.8) is 0 Å². The summed E-state index contributed by atoms with van der Waals surface area (Å²) in [7, 11) is 0. The van der Waals surface area contributed by atoms with Crippen LogP contribution in [0.25, 0.3) is 0 Å². The molecule has 1 amide bonds. The molecule has 0 heterocycles. The number of rotatable bonds is 3. The molecule has 2 saturated carbocycles. The summed E-state index contributed by atoms with van der Waals surface area (Å²) < 4.78 is 0. The molecule has 3 rings (SSSR count). The number of hydrogen-bond donors (Lipinski definition) is 1. The Bertz CT molecular complexity index is 546. The van der Waals surface area contributed by atoms with E-state index in [1.807, 2.05) is 6.92 Å². The fraction of sp³-hybridized carbons (Fsp3) is 0.500. The predicted octanol–water partition coefficient (Wildman–Crippen LogP) is 2.89. The van der Waals surface area contributed by atoms with Crippen molar-refractivity contribution in [3.05, 3.63) is 33.9 Å². The van der Waals surface area contributed by atoms with Gasteiger partial charge in [0, 0.05) is 18.1 Å². The molecule has 2 unspecified atom stereocenters. The van der Waals surface area contributed by atoms with E-state index in [2.05, 4.69) is 5.32 Å². The molecule has 2 atom stereocenters. The summed E-state index contributed by atoms with van der Waals surface area (Å²) in [6, 6.07) is 4.55. The van der Waals surface area contributed by atoms with Gasteiger partial charge in [0.2, 0.25) is 5.91 Å². The van der Waals surface area contributed by atoms with E-state index in [0.29, 0.717) is 5.69 Å². The zero-order chi connectivity index (χ0) is 13.6. The van der Waals surface area contributed by atoms with Gasteiger partial charge in [0.05, 0.1) is 10.6 Å². The summed E-state index contributed by atoms with van der Waals surface area (Å²) >= 11 is 0. The number of carbonyl (C=O) groups is 1. The van der Waals surface area contributed by atoms with Crippen LogP contribution < -0.4 is 5.32 Å². The first kappa shape index (κ1) is 12.1. The maximum Gasteiger partial charge on any atom is 0.271 e. The van der Waals surface area contributed by atoms with Crippen LogP contribution in [-0.4, -0.2) is 10.8 Å². The summed E-state index contributed by atoms with van der Waals surface area (Å²) in [5.74, 6) is 1.60. The second kappa shape index (κ2) is 4.33. The van der Waals surface area contributed by atoms with Crippen molar-refractivity contribution in [1.29, 1.82) is 0 Å². The minimum Gasteiger partial charge on any atom is -0.325 e. The van der Waals surface area contributed by atoms with Crippen LogP contribution >= 0.6 is 0 Å². The Morgan fingerprint density at radius 3 is 2.63 bits per heavy atom.